The van der Waals surface area contributed by atoms with Gasteiger partial charge >= 0.3 is 6.03 Å². The number of urea groups is 1. The molecule has 14 heteroatoms. The van der Waals surface area contributed by atoms with Crippen molar-refractivity contribution in [1.29, 1.82) is 0 Å². The van der Waals surface area contributed by atoms with Gasteiger partial charge in [-0.2, -0.15) is 5.10 Å². The Kier molecular flexibility index (Phi) is 7.44. The molecule has 0 radical (unpaired) electrons. The van der Waals surface area contributed by atoms with Gasteiger partial charge in [0, 0.05) is 36.7 Å². The number of allylic oxidation sites excluding steroid dienone is 2. The van der Waals surface area contributed by atoms with Gasteiger partial charge in [-0.15, -0.1) is 0 Å². The summed E-state index contributed by atoms with van der Waals surface area (Å²) in [6.07, 6.45) is 3.13. The lowest BCUT2D eigenvalue weighted by Crippen LogP contribution is -2.58. The summed E-state index contributed by atoms with van der Waals surface area (Å²) >= 11 is 0. The van der Waals surface area contributed by atoms with Gasteiger partial charge in [0.15, 0.2) is 27.2 Å². The fourth-order valence-corrected chi connectivity index (χ4v) is 5.43. The van der Waals surface area contributed by atoms with Gasteiger partial charge in [-0.3, -0.25) is 0 Å². The first-order chi connectivity index (χ1) is 17.8. The maximum Gasteiger partial charge on any atom is 0.341 e. The molecule has 0 bridgehead atoms. The van der Waals surface area contributed by atoms with E-state index in [0.29, 0.717) is 6.42 Å². The third-order valence-corrected chi connectivity index (χ3v) is 7.21. The molecule has 10 nitrogen and oxygen atoms in total. The smallest absolute Gasteiger partial charge is 0.341 e. The number of hydrazone groups is 1. The fourth-order valence-electron chi connectivity index (χ4n) is 4.27. The summed E-state index contributed by atoms with van der Waals surface area (Å²) in [5, 5.41) is 5.21. The molecule has 2 amide bonds. The second-order valence-corrected chi connectivity index (χ2v) is 10.9. The highest BCUT2D eigenvalue weighted by atomic mass is 32.2. The number of rotatable bonds is 6. The molecule has 1 aromatic carbocycles. The number of ether oxygens (including phenoxy) is 1. The third kappa shape index (κ3) is 5.79. The number of aliphatic imine (C=N–C) groups is 1. The lowest BCUT2D eigenvalue weighted by atomic mass is 10.0. The highest BCUT2D eigenvalue weighted by Gasteiger charge is 2.39. The largest absolute Gasteiger partial charge is 0.483 e. The Balaban J connectivity index is 1.42. The quantitative estimate of drug-likeness (QED) is 0.549. The van der Waals surface area contributed by atoms with Gasteiger partial charge in [-0.25, -0.2) is 41.4 Å². The number of carbonyl (C=O) groups excluding carboxylic acids is 1. The van der Waals surface area contributed by atoms with Crippen molar-refractivity contribution in [3.05, 3.63) is 64.1 Å². The van der Waals surface area contributed by atoms with Crippen LogP contribution in [0.15, 0.2) is 51.2 Å². The molecular weight excluding hydrogens is 525 g/mol. The number of aromatic nitrogens is 1. The van der Waals surface area contributed by atoms with Gasteiger partial charge in [0.25, 0.3) is 0 Å². The van der Waals surface area contributed by atoms with Crippen molar-refractivity contribution in [1.82, 2.24) is 14.9 Å². The Morgan fingerprint density at radius 2 is 1.79 bits per heavy atom. The van der Waals surface area contributed by atoms with Crippen LogP contribution in [0.2, 0.25) is 0 Å². The molecule has 2 aliphatic rings. The zero-order valence-corrected chi connectivity index (χ0v) is 21.5. The van der Waals surface area contributed by atoms with E-state index in [0.717, 1.165) is 35.7 Å². The summed E-state index contributed by atoms with van der Waals surface area (Å²) in [6, 6.07) is 3.14. The van der Waals surface area contributed by atoms with Crippen LogP contribution < -0.4 is 10.5 Å². The number of halogens is 3. The molecular formula is C24H25F3N6O4S. The van der Waals surface area contributed by atoms with Crippen LogP contribution in [-0.2, 0) is 9.84 Å². The standard InChI is InChI=1S/C24H25F3N6O4S/c1-13(28)23(38(3,35)36)14(2)31-22-9-21(19(27)10-29-22)37-18-11-32(12-18)24(34)33-20(4-5-30-33)15-6-16(25)8-17(26)7-15/h5-10,18,20H,4,11-12,28H2,1-3H3/t20-/m0/s1. The topological polar surface area (TPSA) is 131 Å². The Hall–Kier alpha value is -3.94. The molecule has 1 atom stereocenters. The van der Waals surface area contributed by atoms with Crippen LogP contribution >= 0.6 is 0 Å². The highest BCUT2D eigenvalue weighted by molar-refractivity contribution is 7.95. The Morgan fingerprint density at radius 3 is 2.39 bits per heavy atom. The Morgan fingerprint density at radius 1 is 1.13 bits per heavy atom. The normalized spacial score (nSPS) is 18.9. The zero-order chi connectivity index (χ0) is 27.8. The molecule has 38 heavy (non-hydrogen) atoms. The number of likely N-dealkylation sites (tertiary alicyclic amines) is 1. The van der Waals surface area contributed by atoms with Crippen molar-refractivity contribution < 1.29 is 31.1 Å². The first-order valence-corrected chi connectivity index (χ1v) is 13.3. The zero-order valence-electron chi connectivity index (χ0n) is 20.7. The maximum atomic E-state index is 14.4. The number of sulfone groups is 1. The molecule has 0 aliphatic carbocycles. The first kappa shape index (κ1) is 27.1. The van der Waals surface area contributed by atoms with Crippen molar-refractivity contribution in [2.24, 2.45) is 15.8 Å². The van der Waals surface area contributed by atoms with Crippen LogP contribution in [0.5, 0.6) is 5.75 Å². The molecule has 202 valence electrons. The molecule has 3 heterocycles. The van der Waals surface area contributed by atoms with E-state index in [-0.39, 0.29) is 46.5 Å². The van der Waals surface area contributed by atoms with Crippen molar-refractivity contribution in [3.63, 3.8) is 0 Å². The lowest BCUT2D eigenvalue weighted by Gasteiger charge is -2.41. The molecule has 1 fully saturated rings. The minimum absolute atomic E-state index is 0.00475. The van der Waals surface area contributed by atoms with Crippen LogP contribution in [0.4, 0.5) is 23.8 Å². The van der Waals surface area contributed by atoms with E-state index < -0.39 is 45.5 Å². The van der Waals surface area contributed by atoms with Crippen molar-refractivity contribution >= 4 is 33.6 Å². The maximum absolute atomic E-state index is 14.4. The number of benzene rings is 1. The minimum Gasteiger partial charge on any atom is -0.483 e. The highest BCUT2D eigenvalue weighted by Crippen LogP contribution is 2.32. The summed E-state index contributed by atoms with van der Waals surface area (Å²) in [5.74, 6) is -2.44. The van der Waals surface area contributed by atoms with Crippen LogP contribution in [0.1, 0.15) is 31.9 Å². The summed E-state index contributed by atoms with van der Waals surface area (Å²) < 4.78 is 71.5. The number of hydrogen-bond donors (Lipinski definition) is 1. The molecule has 2 aromatic rings. The fraction of sp³-hybridized carbons (Fsp3) is 0.333. The van der Waals surface area contributed by atoms with Gasteiger partial charge in [-0.05, 0) is 31.5 Å². The summed E-state index contributed by atoms with van der Waals surface area (Å²) in [7, 11) is -3.66. The summed E-state index contributed by atoms with van der Waals surface area (Å²) in [5.41, 5.74) is 6.11. The number of nitrogens with two attached hydrogens (primary N) is 1. The number of carbonyl (C=O) groups is 1. The predicted molar refractivity (Wildman–Crippen MR) is 134 cm³/mol. The number of pyridine rings is 1. The number of amides is 2. The molecule has 2 N–H and O–H groups in total. The first-order valence-electron chi connectivity index (χ1n) is 11.4. The second kappa shape index (κ2) is 10.4. The van der Waals surface area contributed by atoms with Crippen molar-refractivity contribution in [2.75, 3.05) is 19.3 Å². The van der Waals surface area contributed by atoms with E-state index in [4.69, 9.17) is 10.5 Å². The van der Waals surface area contributed by atoms with Gasteiger partial charge in [0.05, 0.1) is 31.0 Å². The van der Waals surface area contributed by atoms with Gasteiger partial charge in [-0.1, -0.05) is 0 Å². The Labute approximate surface area is 217 Å². The van der Waals surface area contributed by atoms with Crippen LogP contribution in [0.25, 0.3) is 0 Å². The molecule has 2 aliphatic heterocycles. The minimum atomic E-state index is -3.66. The van der Waals surface area contributed by atoms with E-state index >= 15 is 0 Å². The van der Waals surface area contributed by atoms with E-state index in [9.17, 15) is 26.4 Å². The molecule has 0 saturated carbocycles. The second-order valence-electron chi connectivity index (χ2n) is 8.98. The molecule has 1 saturated heterocycles. The van der Waals surface area contributed by atoms with E-state index in [2.05, 4.69) is 15.1 Å². The van der Waals surface area contributed by atoms with Gasteiger partial charge in [0.1, 0.15) is 22.6 Å². The monoisotopic (exact) mass is 550 g/mol. The molecule has 1 aromatic heterocycles. The molecule has 4 rings (SSSR count). The SMILES string of the molecule is CC(=Nc1cc(OC2CN(C(=O)N3N=CC[C@H]3c3cc(F)cc(F)c3)C2)c(F)cn1)C(=C(C)N)S(C)(=O)=O. The van der Waals surface area contributed by atoms with E-state index in [1.165, 1.54) is 31.0 Å². The van der Waals surface area contributed by atoms with Crippen LogP contribution in [0.3, 0.4) is 0 Å². The average Bonchev–Trinajstić information content (AvgIpc) is 3.25. The van der Waals surface area contributed by atoms with Crippen molar-refractivity contribution in [3.8, 4) is 5.75 Å². The van der Waals surface area contributed by atoms with Crippen LogP contribution in [-0.4, -0.2) is 66.7 Å². The predicted octanol–water partition coefficient (Wildman–Crippen LogP) is 3.44. The lowest BCUT2D eigenvalue weighted by molar-refractivity contribution is 0.0256. The average molecular weight is 551 g/mol. The van der Waals surface area contributed by atoms with E-state index in [1.807, 2.05) is 0 Å². The molecule has 0 unspecified atom stereocenters. The number of hydrogen-bond acceptors (Lipinski definition) is 8. The van der Waals surface area contributed by atoms with Gasteiger partial charge in [0.2, 0.25) is 0 Å². The Bertz CT molecular complexity index is 1450. The van der Waals surface area contributed by atoms with Gasteiger partial charge < -0.3 is 15.4 Å². The number of nitrogens with zero attached hydrogens (tertiary/aromatic N) is 5. The van der Waals surface area contributed by atoms with Crippen LogP contribution in [0, 0.1) is 17.5 Å². The molecule has 0 spiro atoms. The van der Waals surface area contributed by atoms with E-state index in [1.54, 1.807) is 0 Å². The summed E-state index contributed by atoms with van der Waals surface area (Å²) in [6.45, 7) is 3.10. The summed E-state index contributed by atoms with van der Waals surface area (Å²) in [4.78, 5) is 22.2. The van der Waals surface area contributed by atoms with Crippen molar-refractivity contribution in [2.45, 2.75) is 32.4 Å². The third-order valence-electron chi connectivity index (χ3n) is 5.85.